The van der Waals surface area contributed by atoms with Crippen molar-refractivity contribution in [2.45, 2.75) is 4.90 Å². The summed E-state index contributed by atoms with van der Waals surface area (Å²) in [6, 6.07) is 13.1. The van der Waals surface area contributed by atoms with Crippen LogP contribution in [0, 0.1) is 0 Å². The second-order valence-corrected chi connectivity index (χ2v) is 7.82. The molecule has 3 aromatic rings. The molecule has 1 aromatic heterocycles. The summed E-state index contributed by atoms with van der Waals surface area (Å²) in [7, 11) is -4.00. The number of carbonyl (C=O) groups is 1. The van der Waals surface area contributed by atoms with Gasteiger partial charge in [0, 0.05) is 16.6 Å². The Bertz CT molecular complexity index is 1110. The summed E-state index contributed by atoms with van der Waals surface area (Å²) in [5, 5.41) is 3.74. The van der Waals surface area contributed by atoms with Crippen molar-refractivity contribution in [1.82, 2.24) is 4.98 Å². The van der Waals surface area contributed by atoms with Gasteiger partial charge in [0.05, 0.1) is 16.9 Å². The largest absolute Gasteiger partial charge is 0.323 e. The Morgan fingerprint density at radius 3 is 2.76 bits per heavy atom. The van der Waals surface area contributed by atoms with E-state index in [2.05, 4.69) is 10.3 Å². The van der Waals surface area contributed by atoms with Crippen molar-refractivity contribution >= 4 is 49.8 Å². The smallest absolute Gasteiger partial charge is 0.267 e. The first-order chi connectivity index (χ1) is 12.0. The zero-order valence-electron chi connectivity index (χ0n) is 12.8. The first kappa shape index (κ1) is 15.9. The molecule has 2 heterocycles. The minimum absolute atomic E-state index is 0.0474. The molecule has 0 atom stereocenters. The van der Waals surface area contributed by atoms with Gasteiger partial charge < -0.3 is 5.32 Å². The van der Waals surface area contributed by atoms with Crippen molar-refractivity contribution in [3.8, 4) is 0 Å². The van der Waals surface area contributed by atoms with Gasteiger partial charge in [-0.05, 0) is 30.3 Å². The molecule has 0 aliphatic carbocycles. The Morgan fingerprint density at radius 2 is 1.92 bits per heavy atom. The highest BCUT2D eigenvalue weighted by molar-refractivity contribution is 7.93. The molecule has 0 radical (unpaired) electrons. The highest BCUT2D eigenvalue weighted by Gasteiger charge is 2.33. The van der Waals surface area contributed by atoms with Crippen molar-refractivity contribution in [2.75, 3.05) is 16.2 Å². The average Bonchev–Trinajstić information content (AvgIpc) is 2.61. The quantitative estimate of drug-likeness (QED) is 0.748. The number of hydrogen-bond donors (Lipinski definition) is 1. The molecule has 2 aromatic carbocycles. The van der Waals surface area contributed by atoms with E-state index in [1.807, 2.05) is 0 Å². The molecule has 0 saturated carbocycles. The zero-order valence-corrected chi connectivity index (χ0v) is 14.4. The number of para-hydroxylation sites is 1. The molecule has 0 unspecified atom stereocenters. The molecule has 4 rings (SSSR count). The fourth-order valence-electron chi connectivity index (χ4n) is 2.84. The van der Waals surface area contributed by atoms with Gasteiger partial charge in [-0.25, -0.2) is 8.42 Å². The van der Waals surface area contributed by atoms with E-state index in [1.54, 1.807) is 36.4 Å². The molecule has 0 fully saturated rings. The van der Waals surface area contributed by atoms with Crippen LogP contribution in [0.4, 0.5) is 11.4 Å². The highest BCUT2D eigenvalue weighted by atomic mass is 35.5. The fourth-order valence-corrected chi connectivity index (χ4v) is 4.61. The van der Waals surface area contributed by atoms with Crippen LogP contribution in [-0.4, -0.2) is 25.9 Å². The first-order valence-electron chi connectivity index (χ1n) is 7.43. The molecule has 6 nitrogen and oxygen atoms in total. The van der Waals surface area contributed by atoms with Gasteiger partial charge in [-0.2, -0.15) is 0 Å². The lowest BCUT2D eigenvalue weighted by Crippen LogP contribution is -2.42. The van der Waals surface area contributed by atoms with Gasteiger partial charge >= 0.3 is 0 Å². The third-order valence-corrected chi connectivity index (χ3v) is 5.98. The van der Waals surface area contributed by atoms with Crippen LogP contribution >= 0.6 is 11.6 Å². The highest BCUT2D eigenvalue weighted by Crippen LogP contribution is 2.36. The third kappa shape index (κ3) is 2.61. The molecule has 1 aliphatic heterocycles. The topological polar surface area (TPSA) is 79.4 Å². The molecule has 0 bridgehead atoms. The van der Waals surface area contributed by atoms with E-state index >= 15 is 0 Å². The minimum Gasteiger partial charge on any atom is -0.323 e. The fraction of sp³-hybridized carbons (Fsp3) is 0.0588. The average molecular weight is 374 g/mol. The number of sulfonamides is 1. The number of amides is 1. The Hall–Kier alpha value is -2.64. The SMILES string of the molecule is O=C1CN(S(=O)(=O)c2cccc3cccnc23)c2cc(Cl)ccc2N1. The monoisotopic (exact) mass is 373 g/mol. The number of aromatic nitrogens is 1. The van der Waals surface area contributed by atoms with E-state index in [0.717, 1.165) is 4.31 Å². The summed E-state index contributed by atoms with van der Waals surface area (Å²) in [6.45, 7) is -0.321. The standard InChI is InChI=1S/C17H12ClN3O3S/c18-12-6-7-13-14(9-12)21(10-16(22)20-13)25(23,24)15-5-1-3-11-4-2-8-19-17(11)15/h1-9H,10H2,(H,20,22). The van der Waals surface area contributed by atoms with E-state index in [4.69, 9.17) is 11.6 Å². The second-order valence-electron chi connectivity index (χ2n) is 5.55. The third-order valence-electron chi connectivity index (χ3n) is 3.95. The Morgan fingerprint density at radius 1 is 1.12 bits per heavy atom. The lowest BCUT2D eigenvalue weighted by Gasteiger charge is -2.30. The summed E-state index contributed by atoms with van der Waals surface area (Å²) in [6.07, 6.45) is 1.54. The summed E-state index contributed by atoms with van der Waals surface area (Å²) in [5.74, 6) is -0.411. The summed E-state index contributed by atoms with van der Waals surface area (Å²) in [5.41, 5.74) is 1.09. The number of benzene rings is 2. The zero-order chi connectivity index (χ0) is 17.6. The molecule has 25 heavy (non-hydrogen) atoms. The Labute approximate surface area is 149 Å². The molecule has 1 amide bonds. The summed E-state index contributed by atoms with van der Waals surface area (Å²) in [4.78, 5) is 16.2. The van der Waals surface area contributed by atoms with Gasteiger partial charge in [-0.3, -0.25) is 14.1 Å². The summed E-state index contributed by atoms with van der Waals surface area (Å²) >= 11 is 6.02. The number of carbonyl (C=O) groups excluding carboxylic acids is 1. The van der Waals surface area contributed by atoms with E-state index < -0.39 is 15.9 Å². The number of hydrogen-bond acceptors (Lipinski definition) is 4. The van der Waals surface area contributed by atoms with Crippen LogP contribution in [0.5, 0.6) is 0 Å². The van der Waals surface area contributed by atoms with Crippen molar-refractivity contribution in [3.05, 3.63) is 59.8 Å². The van der Waals surface area contributed by atoms with Crippen LogP contribution in [-0.2, 0) is 14.8 Å². The molecule has 1 N–H and O–H groups in total. The number of nitrogens with one attached hydrogen (secondary N) is 1. The number of nitrogens with zero attached hydrogens (tertiary/aromatic N) is 2. The van der Waals surface area contributed by atoms with Crippen LogP contribution in [0.15, 0.2) is 59.6 Å². The van der Waals surface area contributed by atoms with Gasteiger partial charge in [-0.1, -0.05) is 29.8 Å². The molecule has 8 heteroatoms. The predicted molar refractivity (Wildman–Crippen MR) is 96.4 cm³/mol. The first-order valence-corrected chi connectivity index (χ1v) is 9.24. The minimum atomic E-state index is -4.00. The molecular formula is C17H12ClN3O3S. The lowest BCUT2D eigenvalue weighted by atomic mass is 10.2. The molecule has 126 valence electrons. The number of halogens is 1. The maximum absolute atomic E-state index is 13.3. The van der Waals surface area contributed by atoms with E-state index in [-0.39, 0.29) is 11.4 Å². The van der Waals surface area contributed by atoms with Gasteiger partial charge in [0.2, 0.25) is 5.91 Å². The maximum Gasteiger partial charge on any atom is 0.267 e. The van der Waals surface area contributed by atoms with Gasteiger partial charge in [-0.15, -0.1) is 0 Å². The van der Waals surface area contributed by atoms with Crippen LogP contribution in [0.3, 0.4) is 0 Å². The molecule has 0 saturated heterocycles. The molecular weight excluding hydrogens is 362 g/mol. The second kappa shape index (κ2) is 5.72. The van der Waals surface area contributed by atoms with Crippen molar-refractivity contribution in [2.24, 2.45) is 0 Å². The Kier molecular flexibility index (Phi) is 3.63. The normalized spacial score (nSPS) is 14.3. The van der Waals surface area contributed by atoms with Crippen LogP contribution in [0.25, 0.3) is 10.9 Å². The van der Waals surface area contributed by atoms with E-state index in [1.165, 1.54) is 18.3 Å². The van der Waals surface area contributed by atoms with Crippen molar-refractivity contribution < 1.29 is 13.2 Å². The van der Waals surface area contributed by atoms with Gasteiger partial charge in [0.15, 0.2) is 0 Å². The maximum atomic E-state index is 13.3. The predicted octanol–water partition coefficient (Wildman–Crippen LogP) is 3.04. The number of rotatable bonds is 2. The van der Waals surface area contributed by atoms with Crippen molar-refractivity contribution in [1.29, 1.82) is 0 Å². The van der Waals surface area contributed by atoms with Crippen LogP contribution < -0.4 is 9.62 Å². The Balaban J connectivity index is 1.94. The van der Waals surface area contributed by atoms with Crippen molar-refractivity contribution in [3.63, 3.8) is 0 Å². The lowest BCUT2D eigenvalue weighted by molar-refractivity contribution is -0.115. The number of pyridine rings is 1. The van der Waals surface area contributed by atoms with Gasteiger partial charge in [0.1, 0.15) is 11.4 Å². The van der Waals surface area contributed by atoms with Gasteiger partial charge in [0.25, 0.3) is 10.0 Å². The number of anilines is 2. The molecule has 1 aliphatic rings. The van der Waals surface area contributed by atoms with Crippen LogP contribution in [0.2, 0.25) is 5.02 Å². The van der Waals surface area contributed by atoms with E-state index in [0.29, 0.717) is 27.3 Å². The summed E-state index contributed by atoms with van der Waals surface area (Å²) < 4.78 is 27.6. The molecule has 0 spiro atoms. The van der Waals surface area contributed by atoms with E-state index in [9.17, 15) is 13.2 Å². The number of fused-ring (bicyclic) bond motifs is 2. The van der Waals surface area contributed by atoms with Crippen LogP contribution in [0.1, 0.15) is 0 Å².